The molecule has 0 unspecified atom stereocenters. The Morgan fingerprint density at radius 3 is 1.95 bits per heavy atom. The van der Waals surface area contributed by atoms with Crippen molar-refractivity contribution in [1.29, 1.82) is 0 Å². The number of amides is 1. The summed E-state index contributed by atoms with van der Waals surface area (Å²) < 4.78 is 12.5. The summed E-state index contributed by atoms with van der Waals surface area (Å²) in [5.41, 5.74) is 10.8. The van der Waals surface area contributed by atoms with Crippen LogP contribution in [0, 0.1) is 0 Å². The van der Waals surface area contributed by atoms with Crippen LogP contribution >= 0.6 is 0 Å². The van der Waals surface area contributed by atoms with Gasteiger partial charge in [0.2, 0.25) is 0 Å². The van der Waals surface area contributed by atoms with Crippen LogP contribution in [0.1, 0.15) is 84.7 Å². The van der Waals surface area contributed by atoms with E-state index in [0.29, 0.717) is 40.7 Å². The lowest BCUT2D eigenvalue weighted by Crippen LogP contribution is -2.50. The van der Waals surface area contributed by atoms with Crippen molar-refractivity contribution in [1.82, 2.24) is 5.32 Å². The first-order valence-corrected chi connectivity index (χ1v) is 17.5. The van der Waals surface area contributed by atoms with E-state index >= 15 is 0 Å². The van der Waals surface area contributed by atoms with Gasteiger partial charge in [0.25, 0.3) is 14.2 Å². The monoisotopic (exact) mass is 602 g/mol. The molecule has 0 saturated heterocycles. The molecule has 3 aromatic carbocycles. The Kier molecular flexibility index (Phi) is 11.2. The van der Waals surface area contributed by atoms with Crippen LogP contribution < -0.4 is 15.5 Å². The summed E-state index contributed by atoms with van der Waals surface area (Å²) in [6, 6.07) is 22.3. The van der Waals surface area contributed by atoms with Gasteiger partial charge in [0.15, 0.2) is 0 Å². The number of hydrogen-bond donors (Lipinski definition) is 2. The summed E-state index contributed by atoms with van der Waals surface area (Å²) in [4.78, 5) is 26.5. The molecule has 3 aromatic rings. The topological polar surface area (TPSA) is 90.6 Å². The Balaban J connectivity index is 1.83. The van der Waals surface area contributed by atoms with E-state index in [9.17, 15) is 9.59 Å². The minimum Gasteiger partial charge on any atom is -0.543 e. The molecule has 0 aliphatic rings. The average Bonchev–Trinajstić information content (AvgIpc) is 2.93. The molecule has 0 heterocycles. The van der Waals surface area contributed by atoms with Gasteiger partial charge in [0, 0.05) is 16.8 Å². The largest absolute Gasteiger partial charge is 0.543 e. The molecule has 0 fully saturated rings. The van der Waals surface area contributed by atoms with Crippen LogP contribution in [0.25, 0.3) is 11.1 Å². The first kappa shape index (κ1) is 33.9. The van der Waals surface area contributed by atoms with Gasteiger partial charge >= 0.3 is 5.97 Å². The molecule has 0 bridgehead atoms. The number of carbonyl (C=O) groups excluding carboxylic acids is 2. The number of carbonyl (C=O) groups is 2. The highest BCUT2D eigenvalue weighted by Crippen LogP contribution is 2.43. The van der Waals surface area contributed by atoms with Crippen LogP contribution in [-0.4, -0.2) is 31.8 Å². The highest BCUT2D eigenvalue weighted by Gasteiger charge is 2.47. The third-order valence-corrected chi connectivity index (χ3v) is 14.0. The molecule has 7 heteroatoms. The van der Waals surface area contributed by atoms with Crippen molar-refractivity contribution in [3.05, 3.63) is 83.9 Å². The Bertz CT molecular complexity index is 1340. The highest BCUT2D eigenvalue weighted by molar-refractivity contribution is 6.78. The van der Waals surface area contributed by atoms with E-state index < -0.39 is 25.9 Å². The molecular formula is C36H50N2O4Si. The summed E-state index contributed by atoms with van der Waals surface area (Å²) in [5, 5.41) is 2.92. The van der Waals surface area contributed by atoms with Crippen LogP contribution in [0.5, 0.6) is 5.75 Å². The molecular weight excluding hydrogens is 552 g/mol. The number of nitrogens with two attached hydrogens (primary N) is 1. The summed E-state index contributed by atoms with van der Waals surface area (Å²) in [5.74, 6) is 0.0520. The van der Waals surface area contributed by atoms with Crippen molar-refractivity contribution >= 4 is 25.9 Å². The molecule has 0 spiro atoms. The fraction of sp³-hybridized carbons (Fsp3) is 0.444. The van der Waals surface area contributed by atoms with E-state index in [1.807, 2.05) is 75.4 Å². The molecule has 0 radical (unpaired) electrons. The van der Waals surface area contributed by atoms with Crippen LogP contribution in [0.3, 0.4) is 0 Å². The van der Waals surface area contributed by atoms with E-state index in [1.165, 1.54) is 0 Å². The first-order valence-electron chi connectivity index (χ1n) is 15.4. The SMILES string of the molecule is CC(C)[Si](Oc1ccc(-c2cc(C(=O)N[C@@H](CCc3ccccc3)C(=O)OC(C)(C)C)ccc2N)cc1)(C(C)C)C(C)C. The van der Waals surface area contributed by atoms with E-state index in [-0.39, 0.29) is 5.91 Å². The van der Waals surface area contributed by atoms with Crippen molar-refractivity contribution in [2.75, 3.05) is 5.73 Å². The number of ether oxygens (including phenoxy) is 1. The Morgan fingerprint density at radius 2 is 1.42 bits per heavy atom. The minimum absolute atomic E-state index is 0.355. The lowest BCUT2D eigenvalue weighted by atomic mass is 10.00. The molecule has 6 nitrogen and oxygen atoms in total. The molecule has 0 aromatic heterocycles. The zero-order chi connectivity index (χ0) is 31.9. The summed E-state index contributed by atoms with van der Waals surface area (Å²) >= 11 is 0. The fourth-order valence-electron chi connectivity index (χ4n) is 6.03. The second-order valence-electron chi connectivity index (χ2n) is 13.3. The molecule has 3 N–H and O–H groups in total. The quantitative estimate of drug-likeness (QED) is 0.123. The summed E-state index contributed by atoms with van der Waals surface area (Å²) in [6.45, 7) is 19.1. The second kappa shape index (κ2) is 14.3. The number of esters is 1. The second-order valence-corrected chi connectivity index (χ2v) is 18.7. The van der Waals surface area contributed by atoms with Gasteiger partial charge in [-0.3, -0.25) is 4.79 Å². The van der Waals surface area contributed by atoms with Crippen molar-refractivity contribution in [2.24, 2.45) is 0 Å². The molecule has 1 amide bonds. The lowest BCUT2D eigenvalue weighted by Gasteiger charge is -2.42. The van der Waals surface area contributed by atoms with Gasteiger partial charge in [-0.1, -0.05) is 84.0 Å². The maximum atomic E-state index is 13.5. The molecule has 3 rings (SSSR count). The number of benzene rings is 3. The van der Waals surface area contributed by atoms with E-state index in [0.717, 1.165) is 22.4 Å². The van der Waals surface area contributed by atoms with Gasteiger partial charge in [0.05, 0.1) is 0 Å². The highest BCUT2D eigenvalue weighted by atomic mass is 28.4. The number of anilines is 1. The molecule has 232 valence electrons. The van der Waals surface area contributed by atoms with Gasteiger partial charge in [-0.15, -0.1) is 0 Å². The molecule has 0 aliphatic heterocycles. The number of nitrogens with one attached hydrogen (secondary N) is 1. The van der Waals surface area contributed by atoms with Crippen molar-refractivity contribution < 1.29 is 18.8 Å². The van der Waals surface area contributed by atoms with Crippen LogP contribution in [0.2, 0.25) is 16.6 Å². The summed E-state index contributed by atoms with van der Waals surface area (Å²) in [7, 11) is -2.08. The smallest absolute Gasteiger partial charge is 0.329 e. The van der Waals surface area contributed by atoms with Crippen molar-refractivity contribution in [3.63, 3.8) is 0 Å². The Morgan fingerprint density at radius 1 is 0.837 bits per heavy atom. The third-order valence-electron chi connectivity index (χ3n) is 8.04. The van der Waals surface area contributed by atoms with Crippen LogP contribution in [-0.2, 0) is 16.0 Å². The van der Waals surface area contributed by atoms with Crippen LogP contribution in [0.15, 0.2) is 72.8 Å². The minimum atomic E-state index is -2.08. The van der Waals surface area contributed by atoms with Gasteiger partial charge in [0.1, 0.15) is 17.4 Å². The molecule has 0 saturated carbocycles. The zero-order valence-corrected chi connectivity index (χ0v) is 28.4. The zero-order valence-electron chi connectivity index (χ0n) is 27.4. The molecule has 1 atom stereocenters. The predicted molar refractivity (Wildman–Crippen MR) is 180 cm³/mol. The Labute approximate surface area is 259 Å². The van der Waals surface area contributed by atoms with Gasteiger partial charge < -0.3 is 20.2 Å². The fourth-order valence-corrected chi connectivity index (χ4v) is 11.3. The van der Waals surface area contributed by atoms with Crippen LogP contribution in [0.4, 0.5) is 5.69 Å². The standard InChI is InChI=1S/C36H50N2O4Si/c1-24(2)43(25(3)4,26(5)6)42-30-19-16-28(17-20-30)31-23-29(18-21-32(31)37)34(39)38-33(35(40)41-36(7,8)9)22-15-27-13-11-10-12-14-27/h10-14,16-21,23-26,33H,15,22,37H2,1-9H3,(H,38,39)/t33-/m0/s1. The van der Waals surface area contributed by atoms with E-state index in [2.05, 4.69) is 46.9 Å². The van der Waals surface area contributed by atoms with E-state index in [4.69, 9.17) is 14.9 Å². The molecule has 43 heavy (non-hydrogen) atoms. The van der Waals surface area contributed by atoms with Crippen molar-refractivity contribution in [2.45, 2.75) is 103 Å². The van der Waals surface area contributed by atoms with Gasteiger partial charge in [-0.25, -0.2) is 4.79 Å². The molecule has 0 aliphatic carbocycles. The lowest BCUT2D eigenvalue weighted by molar-refractivity contribution is -0.157. The maximum absolute atomic E-state index is 13.5. The normalized spacial score (nSPS) is 12.8. The number of nitrogen functional groups attached to an aromatic ring is 1. The predicted octanol–water partition coefficient (Wildman–Crippen LogP) is 8.56. The third kappa shape index (κ3) is 8.72. The number of hydrogen-bond acceptors (Lipinski definition) is 5. The number of aryl methyl sites for hydroxylation is 1. The van der Waals surface area contributed by atoms with Crippen molar-refractivity contribution in [3.8, 4) is 16.9 Å². The van der Waals surface area contributed by atoms with Gasteiger partial charge in [-0.2, -0.15) is 0 Å². The maximum Gasteiger partial charge on any atom is 0.329 e. The van der Waals surface area contributed by atoms with Gasteiger partial charge in [-0.05, 0) is 91.7 Å². The Hall–Kier alpha value is -3.58. The average molecular weight is 603 g/mol. The van der Waals surface area contributed by atoms with E-state index in [1.54, 1.807) is 18.2 Å². The number of rotatable bonds is 12. The first-order chi connectivity index (χ1) is 20.1. The summed E-state index contributed by atoms with van der Waals surface area (Å²) in [6.07, 6.45) is 1.04.